The molecule has 4 N–H and O–H groups in total. The number of β-amino-alcohol motifs (C(OH)–C–C–N with tert-alkyl or cyclic N) is 1. The number of rotatable bonds is 19. The number of aliphatic hydroxyl groups excluding tert-OH is 1. The number of sulfonamides is 1. The molecule has 4 aromatic carbocycles. The number of ether oxygens (including phenoxy) is 3. The molecule has 4 aromatic heterocycles. The molecule has 0 spiro atoms. The van der Waals surface area contributed by atoms with Crippen LogP contribution in [0.25, 0.3) is 32.6 Å². The van der Waals surface area contributed by atoms with E-state index in [1.807, 2.05) is 77.4 Å². The van der Waals surface area contributed by atoms with Crippen LogP contribution in [0.3, 0.4) is 0 Å². The first-order valence-corrected chi connectivity index (χ1v) is 29.5. The molecule has 8 aromatic rings. The zero-order valence-corrected chi connectivity index (χ0v) is 48.5. The molecule has 4 atom stereocenters. The van der Waals surface area contributed by atoms with Crippen molar-refractivity contribution in [2.75, 3.05) is 17.9 Å². The van der Waals surface area contributed by atoms with E-state index in [2.05, 4.69) is 30.4 Å². The van der Waals surface area contributed by atoms with E-state index in [-0.39, 0.29) is 70.6 Å². The molecule has 20 nitrogen and oxygen atoms in total. The highest BCUT2D eigenvalue weighted by Gasteiger charge is 2.45. The fourth-order valence-corrected chi connectivity index (χ4v) is 12.3. The van der Waals surface area contributed by atoms with Gasteiger partial charge in [0.05, 0.1) is 62.6 Å². The quantitative estimate of drug-likeness (QED) is 0.0593. The minimum absolute atomic E-state index is 0.00503. The number of carbonyl (C=O) groups excluding carboxylic acids is 3. The number of carbonyl (C=O) groups is 3. The number of nitrogens with one attached hydrogen (secondary N) is 3. The van der Waals surface area contributed by atoms with Gasteiger partial charge in [-0.1, -0.05) is 64.1 Å². The van der Waals surface area contributed by atoms with Crippen molar-refractivity contribution in [3.8, 4) is 44.7 Å². The maximum Gasteiger partial charge on any atom is 0.328 e. The Bertz CT molecular complexity index is 3860. The Balaban J connectivity index is 0.759. The lowest BCUT2D eigenvalue weighted by Gasteiger charge is -2.35. The maximum absolute atomic E-state index is 14.6. The summed E-state index contributed by atoms with van der Waals surface area (Å²) in [6.45, 7) is 12.2. The van der Waals surface area contributed by atoms with Gasteiger partial charge in [0.1, 0.15) is 29.7 Å². The normalized spacial score (nSPS) is 17.9. The Hall–Kier alpha value is -8.34. The predicted octanol–water partition coefficient (Wildman–Crippen LogP) is 8.72. The number of hydrogen-bond donors (Lipinski definition) is 4. The smallest absolute Gasteiger partial charge is 0.328 e. The van der Waals surface area contributed by atoms with Crippen molar-refractivity contribution in [3.63, 3.8) is 0 Å². The second-order valence-corrected chi connectivity index (χ2v) is 24.6. The van der Waals surface area contributed by atoms with Crippen LogP contribution in [-0.2, 0) is 33.7 Å². The summed E-state index contributed by atoms with van der Waals surface area (Å²) in [5.41, 5.74) is 6.40. The molecule has 3 amide bonds. The molecular weight excluding hydrogens is 1080 g/mol. The van der Waals surface area contributed by atoms with Crippen LogP contribution < -0.4 is 35.3 Å². The number of likely N-dealkylation sites (tertiary alicyclic amines) is 1. The highest BCUT2D eigenvalue weighted by Crippen LogP contribution is 2.39. The van der Waals surface area contributed by atoms with E-state index in [4.69, 9.17) is 14.2 Å². The predicted molar refractivity (Wildman–Crippen MR) is 312 cm³/mol. The molecule has 2 aliphatic rings. The molecule has 2 fully saturated rings. The number of aliphatic hydroxyl groups is 1. The first-order valence-electron chi connectivity index (χ1n) is 27.1. The van der Waals surface area contributed by atoms with Crippen molar-refractivity contribution >= 4 is 55.8 Å². The van der Waals surface area contributed by atoms with Gasteiger partial charge in [-0.05, 0) is 84.8 Å². The number of fused-ring (bicyclic) bond motifs is 1. The highest BCUT2D eigenvalue weighted by atomic mass is 32.2. The maximum atomic E-state index is 14.6. The third-order valence-electron chi connectivity index (χ3n) is 14.9. The summed E-state index contributed by atoms with van der Waals surface area (Å²) in [6, 6.07) is 25.0. The molecule has 10 rings (SSSR count). The molecule has 82 heavy (non-hydrogen) atoms. The van der Waals surface area contributed by atoms with Gasteiger partial charge in [0.2, 0.25) is 17.7 Å². The standard InChI is InChI=1S/C60H66N10O10S2/c1-9-22-78-44-13-11-14-45(28-44)79-52-30-50-49(67(7)59(75)68(50)8)29-48(52)66-82(76,77)47-15-10-12-40(23-47)56(72)65-42-25-46(26-42)80-53-24-39(20-21-61-53)41-31-63-70(32-41)55(60(4,5)6)58(74)69-33-43(71)27-51(69)57(73)64-35(2)37-16-18-38(19-17-37)54-36(3)62-34-81-54/h10-21,23-24,28-32,34-35,42-43,46,51,55,66,71H,9,22,25-27,33H2,1-8H3,(H,64,73)(H,65,72)/t35-,42-,43+,46-,51-,55+/m0/s1. The number of aryl methyl sites for hydroxylation is 3. The second kappa shape index (κ2) is 23.3. The number of thiazole rings is 1. The lowest BCUT2D eigenvalue weighted by molar-refractivity contribution is -0.144. The van der Waals surface area contributed by atoms with E-state index in [1.54, 1.807) is 85.1 Å². The molecule has 22 heteroatoms. The number of benzene rings is 4. The van der Waals surface area contributed by atoms with Gasteiger partial charge in [-0.25, -0.2) is 23.2 Å². The lowest BCUT2D eigenvalue weighted by atomic mass is 9.85. The Morgan fingerprint density at radius 3 is 2.33 bits per heavy atom. The molecular formula is C60H66N10O10S2. The van der Waals surface area contributed by atoms with E-state index in [9.17, 15) is 32.7 Å². The van der Waals surface area contributed by atoms with Gasteiger partial charge in [0, 0.05) is 87.7 Å². The summed E-state index contributed by atoms with van der Waals surface area (Å²) >= 11 is 1.57. The van der Waals surface area contributed by atoms with Crippen molar-refractivity contribution in [2.24, 2.45) is 19.5 Å². The van der Waals surface area contributed by atoms with Gasteiger partial charge < -0.3 is 34.9 Å². The first kappa shape index (κ1) is 56.9. The van der Waals surface area contributed by atoms with E-state index in [0.717, 1.165) is 33.7 Å². The van der Waals surface area contributed by atoms with Crippen LogP contribution in [0.15, 0.2) is 131 Å². The molecule has 1 aliphatic heterocycles. The zero-order valence-electron chi connectivity index (χ0n) is 46.8. The van der Waals surface area contributed by atoms with Gasteiger partial charge in [-0.2, -0.15) is 5.10 Å². The SMILES string of the molecule is CCCOc1cccc(Oc2cc3c(cc2NS(=O)(=O)c2cccc(C(=O)N[C@H]4C[C@H](Oc5cc(-c6cnn([C@H](C(=O)N7C[C@H](O)C[C@H]7C(=O)N[C@@H](C)c7ccc(-c8scnc8C)cc7)C(C)(C)C)c6)ccn5)C4)c2)n(C)c(=O)n3C)c1. The summed E-state index contributed by atoms with van der Waals surface area (Å²) < 4.78 is 53.6. The van der Waals surface area contributed by atoms with Crippen LogP contribution in [0.1, 0.15) is 94.0 Å². The Labute approximate surface area is 479 Å². The monoisotopic (exact) mass is 1150 g/mol. The Kier molecular flexibility index (Phi) is 16.1. The number of nitrogens with zero attached hydrogens (tertiary/aromatic N) is 7. The number of hydrogen-bond acceptors (Lipinski definition) is 14. The van der Waals surface area contributed by atoms with Crippen molar-refractivity contribution in [3.05, 3.63) is 148 Å². The molecule has 0 unspecified atom stereocenters. The van der Waals surface area contributed by atoms with Crippen molar-refractivity contribution in [1.82, 2.24) is 44.4 Å². The third-order valence-corrected chi connectivity index (χ3v) is 17.2. The molecule has 5 heterocycles. The lowest BCUT2D eigenvalue weighted by Crippen LogP contribution is -2.50. The van der Waals surface area contributed by atoms with E-state index in [0.29, 0.717) is 53.4 Å². The second-order valence-electron chi connectivity index (χ2n) is 22.1. The van der Waals surface area contributed by atoms with E-state index >= 15 is 0 Å². The highest BCUT2D eigenvalue weighted by molar-refractivity contribution is 7.92. The fourth-order valence-electron chi connectivity index (χ4n) is 10.4. The third kappa shape index (κ3) is 12.1. The number of pyridine rings is 1. The summed E-state index contributed by atoms with van der Waals surface area (Å²) in [4.78, 5) is 66.3. The van der Waals surface area contributed by atoms with Crippen LogP contribution in [0, 0.1) is 12.3 Å². The average molecular weight is 1150 g/mol. The van der Waals surface area contributed by atoms with Crippen molar-refractivity contribution in [1.29, 1.82) is 0 Å². The van der Waals surface area contributed by atoms with Crippen LogP contribution >= 0.6 is 11.3 Å². The van der Waals surface area contributed by atoms with Crippen LogP contribution in [0.5, 0.6) is 23.1 Å². The Morgan fingerprint density at radius 1 is 0.878 bits per heavy atom. The Morgan fingerprint density at radius 2 is 1.61 bits per heavy atom. The number of imidazole rings is 1. The minimum Gasteiger partial charge on any atom is -0.493 e. The molecule has 0 radical (unpaired) electrons. The van der Waals surface area contributed by atoms with Crippen molar-refractivity contribution < 1.29 is 42.1 Å². The number of aromatic nitrogens is 6. The van der Waals surface area contributed by atoms with Crippen molar-refractivity contribution in [2.45, 2.75) is 108 Å². The van der Waals surface area contributed by atoms with Crippen LogP contribution in [0.2, 0.25) is 0 Å². The van der Waals surface area contributed by atoms with Gasteiger partial charge in [-0.3, -0.25) is 32.9 Å². The number of anilines is 1. The fraction of sp³-hybridized carbons (Fsp3) is 0.350. The summed E-state index contributed by atoms with van der Waals surface area (Å²) in [7, 11) is -1.10. The topological polar surface area (TPSA) is 243 Å². The molecule has 428 valence electrons. The average Bonchev–Trinajstić information content (AvgIpc) is 3.86. The molecule has 1 aliphatic carbocycles. The van der Waals surface area contributed by atoms with Gasteiger partial charge in [0.25, 0.3) is 15.9 Å². The van der Waals surface area contributed by atoms with Gasteiger partial charge >= 0.3 is 5.69 Å². The first-order chi connectivity index (χ1) is 39.1. The number of amides is 3. The summed E-state index contributed by atoms with van der Waals surface area (Å²) in [6.07, 6.45) is 5.75. The summed E-state index contributed by atoms with van der Waals surface area (Å²) in [5, 5.41) is 21.6. The van der Waals surface area contributed by atoms with E-state index < -0.39 is 39.5 Å². The zero-order chi connectivity index (χ0) is 58.2. The summed E-state index contributed by atoms with van der Waals surface area (Å²) in [5.74, 6) is 0.314. The van der Waals surface area contributed by atoms with E-state index in [1.165, 1.54) is 44.4 Å². The molecule has 1 saturated heterocycles. The van der Waals surface area contributed by atoms with Crippen LogP contribution in [0.4, 0.5) is 5.69 Å². The molecule has 0 bridgehead atoms. The minimum atomic E-state index is -4.32. The largest absolute Gasteiger partial charge is 0.493 e. The molecule has 1 saturated carbocycles. The van der Waals surface area contributed by atoms with Gasteiger partial charge in [0.15, 0.2) is 5.75 Å². The van der Waals surface area contributed by atoms with Gasteiger partial charge in [-0.15, -0.1) is 11.3 Å². The van der Waals surface area contributed by atoms with Crippen LogP contribution in [-0.4, -0.2) is 102 Å².